The third-order valence-electron chi connectivity index (χ3n) is 3.48. The second kappa shape index (κ2) is 4.11. The van der Waals surface area contributed by atoms with Gasteiger partial charge in [-0.2, -0.15) is 10.1 Å². The van der Waals surface area contributed by atoms with Crippen LogP contribution in [0.4, 0.5) is 11.4 Å². The van der Waals surface area contributed by atoms with Crippen LogP contribution in [0.15, 0.2) is 45.8 Å². The minimum Gasteiger partial charge on any atom is -0.271 e. The summed E-state index contributed by atoms with van der Waals surface area (Å²) in [6, 6.07) is 9.77. The van der Waals surface area contributed by atoms with Crippen LogP contribution < -0.4 is 5.01 Å². The van der Waals surface area contributed by atoms with Crippen molar-refractivity contribution in [2.24, 2.45) is 16.0 Å². The number of carbonyl (C=O) groups excluding carboxylic acids is 1. The number of hydrogen-bond acceptors (Lipinski definition) is 4. The molecule has 0 radical (unpaired) electrons. The topological polar surface area (TPSA) is 45.0 Å². The van der Waals surface area contributed by atoms with Crippen LogP contribution in [0.2, 0.25) is 0 Å². The average molecular weight is 281 g/mol. The molecule has 0 saturated heterocycles. The molecule has 2 aliphatic heterocycles. The lowest BCUT2D eigenvalue weighted by atomic mass is 9.94. The molecular weight excluding hydrogens is 270 g/mol. The molecule has 1 unspecified atom stereocenters. The quantitative estimate of drug-likeness (QED) is 0.792. The number of amides is 1. The van der Waals surface area contributed by atoms with Crippen molar-refractivity contribution in [1.29, 1.82) is 0 Å². The number of hydrazone groups is 1. The van der Waals surface area contributed by atoms with Gasteiger partial charge in [-0.1, -0.05) is 18.2 Å². The lowest BCUT2D eigenvalue weighted by Crippen LogP contribution is -2.29. The first-order valence-corrected chi connectivity index (χ1v) is 7.23. The summed E-state index contributed by atoms with van der Waals surface area (Å²) >= 11 is 1.62. The number of carbonyl (C=O) groups is 1. The summed E-state index contributed by atoms with van der Waals surface area (Å²) in [5, 5.41) is 7.99. The Hall–Kier alpha value is -2.27. The van der Waals surface area contributed by atoms with Gasteiger partial charge in [0.1, 0.15) is 5.92 Å². The summed E-state index contributed by atoms with van der Waals surface area (Å²) in [4.78, 5) is 18.0. The zero-order valence-corrected chi connectivity index (χ0v) is 11.6. The Kier molecular flexibility index (Phi) is 2.37. The van der Waals surface area contributed by atoms with Crippen LogP contribution in [-0.2, 0) is 4.79 Å². The lowest BCUT2D eigenvalue weighted by Gasteiger charge is -2.13. The van der Waals surface area contributed by atoms with Crippen LogP contribution in [0.1, 0.15) is 10.4 Å². The summed E-state index contributed by atoms with van der Waals surface area (Å²) in [7, 11) is 0. The zero-order valence-electron chi connectivity index (χ0n) is 10.8. The van der Waals surface area contributed by atoms with E-state index in [1.54, 1.807) is 17.6 Å². The number of thiophene rings is 1. The average Bonchev–Trinajstić information content (AvgIpc) is 3.03. The second-order valence-corrected chi connectivity index (χ2v) is 5.94. The van der Waals surface area contributed by atoms with Gasteiger partial charge < -0.3 is 0 Å². The molecule has 3 heterocycles. The van der Waals surface area contributed by atoms with E-state index in [1.807, 2.05) is 42.6 Å². The Bertz CT molecular complexity index is 775. The number of anilines is 1. The molecule has 20 heavy (non-hydrogen) atoms. The van der Waals surface area contributed by atoms with E-state index in [0.717, 1.165) is 27.5 Å². The highest BCUT2D eigenvalue weighted by atomic mass is 32.1. The van der Waals surface area contributed by atoms with E-state index < -0.39 is 0 Å². The monoisotopic (exact) mass is 281 g/mol. The highest BCUT2D eigenvalue weighted by Crippen LogP contribution is 2.34. The summed E-state index contributed by atoms with van der Waals surface area (Å²) in [6.45, 7) is 2.02. The fourth-order valence-corrected chi connectivity index (χ4v) is 3.17. The number of aliphatic imine (C=N–C) groups is 1. The molecule has 0 bridgehead atoms. The lowest BCUT2D eigenvalue weighted by molar-refractivity contribution is -0.118. The van der Waals surface area contributed by atoms with Gasteiger partial charge in [0.2, 0.25) is 0 Å². The molecule has 98 valence electrons. The van der Waals surface area contributed by atoms with Crippen molar-refractivity contribution in [1.82, 2.24) is 0 Å². The molecule has 0 aliphatic carbocycles. The standard InChI is InChI=1S/C15H11N3OS/c1-9-6-10(8-20-9)18-15(19)12-7-16-13-5-3-2-4-11(13)14(12)17-18/h2-8,12H,1H3. The van der Waals surface area contributed by atoms with E-state index in [2.05, 4.69) is 10.1 Å². The van der Waals surface area contributed by atoms with E-state index in [0.29, 0.717) is 0 Å². The number of para-hydroxylation sites is 1. The Morgan fingerprint density at radius 3 is 2.95 bits per heavy atom. The maximum absolute atomic E-state index is 12.5. The van der Waals surface area contributed by atoms with Gasteiger partial charge in [-0.15, -0.1) is 11.3 Å². The van der Waals surface area contributed by atoms with Crippen LogP contribution >= 0.6 is 11.3 Å². The van der Waals surface area contributed by atoms with E-state index in [1.165, 1.54) is 5.01 Å². The summed E-state index contributed by atoms with van der Waals surface area (Å²) in [5.74, 6) is -0.388. The SMILES string of the molecule is Cc1cc(N2N=C3c4ccccc4N=CC3C2=O)cs1. The molecule has 2 aliphatic rings. The number of aryl methyl sites for hydroxylation is 1. The second-order valence-electron chi connectivity index (χ2n) is 4.82. The van der Waals surface area contributed by atoms with Gasteiger partial charge in [-0.25, -0.2) is 0 Å². The van der Waals surface area contributed by atoms with Gasteiger partial charge >= 0.3 is 0 Å². The van der Waals surface area contributed by atoms with Crippen molar-refractivity contribution in [2.45, 2.75) is 6.92 Å². The van der Waals surface area contributed by atoms with Gasteiger partial charge in [0.25, 0.3) is 5.91 Å². The first-order chi connectivity index (χ1) is 9.74. The van der Waals surface area contributed by atoms with Crippen LogP contribution in [0, 0.1) is 12.8 Å². The van der Waals surface area contributed by atoms with Crippen molar-refractivity contribution < 1.29 is 4.79 Å². The molecular formula is C15H11N3OS. The summed E-state index contributed by atoms with van der Waals surface area (Å²) < 4.78 is 0. The van der Waals surface area contributed by atoms with Crippen molar-refractivity contribution >= 4 is 40.5 Å². The van der Waals surface area contributed by atoms with Gasteiger partial charge in [0.05, 0.1) is 17.1 Å². The Labute approximate surface area is 120 Å². The van der Waals surface area contributed by atoms with Crippen molar-refractivity contribution in [3.05, 3.63) is 46.2 Å². The summed E-state index contributed by atoms with van der Waals surface area (Å²) in [6.07, 6.45) is 1.70. The van der Waals surface area contributed by atoms with Crippen molar-refractivity contribution in [2.75, 3.05) is 5.01 Å². The van der Waals surface area contributed by atoms with Crippen LogP contribution in [0.5, 0.6) is 0 Å². The molecule has 5 heteroatoms. The highest BCUT2D eigenvalue weighted by molar-refractivity contribution is 7.10. The number of fused-ring (bicyclic) bond motifs is 3. The minimum atomic E-state index is -0.356. The fourth-order valence-electron chi connectivity index (χ4n) is 2.51. The van der Waals surface area contributed by atoms with Crippen LogP contribution in [0.25, 0.3) is 0 Å². The minimum absolute atomic E-state index is 0.0314. The molecule has 1 aromatic carbocycles. The molecule has 4 rings (SSSR count). The third-order valence-corrected chi connectivity index (χ3v) is 4.33. The largest absolute Gasteiger partial charge is 0.271 e. The molecule has 0 N–H and O–H groups in total. The first-order valence-electron chi connectivity index (χ1n) is 6.35. The normalized spacial score (nSPS) is 19.9. The Morgan fingerprint density at radius 1 is 1.30 bits per heavy atom. The smallest absolute Gasteiger partial charge is 0.262 e. The number of rotatable bonds is 1. The maximum Gasteiger partial charge on any atom is 0.262 e. The maximum atomic E-state index is 12.5. The molecule has 4 nitrogen and oxygen atoms in total. The Balaban J connectivity index is 1.84. The van der Waals surface area contributed by atoms with E-state index in [9.17, 15) is 4.79 Å². The Morgan fingerprint density at radius 2 is 2.15 bits per heavy atom. The molecule has 0 spiro atoms. The van der Waals surface area contributed by atoms with Gasteiger partial charge in [-0.05, 0) is 19.1 Å². The van der Waals surface area contributed by atoms with E-state index in [-0.39, 0.29) is 11.8 Å². The fraction of sp³-hybridized carbons (Fsp3) is 0.133. The molecule has 1 aromatic heterocycles. The number of hydrogen-bond donors (Lipinski definition) is 0. The molecule has 1 atom stereocenters. The summed E-state index contributed by atoms with van der Waals surface area (Å²) in [5.41, 5.74) is 3.45. The first kappa shape index (κ1) is 11.5. The molecule has 0 saturated carbocycles. The van der Waals surface area contributed by atoms with Crippen molar-refractivity contribution in [3.8, 4) is 0 Å². The highest BCUT2D eigenvalue weighted by Gasteiger charge is 2.39. The third kappa shape index (κ3) is 1.56. The van der Waals surface area contributed by atoms with Crippen LogP contribution in [0.3, 0.4) is 0 Å². The van der Waals surface area contributed by atoms with Crippen LogP contribution in [-0.4, -0.2) is 17.8 Å². The number of benzene rings is 1. The zero-order chi connectivity index (χ0) is 13.7. The van der Waals surface area contributed by atoms with Gasteiger partial charge in [0, 0.05) is 22.0 Å². The molecule has 0 fully saturated rings. The van der Waals surface area contributed by atoms with E-state index in [4.69, 9.17) is 0 Å². The molecule has 1 amide bonds. The van der Waals surface area contributed by atoms with E-state index >= 15 is 0 Å². The molecule has 2 aromatic rings. The predicted octanol–water partition coefficient (Wildman–Crippen LogP) is 3.14. The van der Waals surface area contributed by atoms with Gasteiger partial charge in [0.15, 0.2) is 0 Å². The number of nitrogens with zero attached hydrogens (tertiary/aromatic N) is 3. The van der Waals surface area contributed by atoms with Gasteiger partial charge in [-0.3, -0.25) is 9.79 Å². The van der Waals surface area contributed by atoms with Crippen molar-refractivity contribution in [3.63, 3.8) is 0 Å². The predicted molar refractivity (Wildman–Crippen MR) is 81.2 cm³/mol.